The molecular weight excluding hydrogens is 193 g/mol. The van der Waals surface area contributed by atoms with Crippen molar-refractivity contribution < 1.29 is 4.39 Å². The zero-order chi connectivity index (χ0) is 10.3. The summed E-state index contributed by atoms with van der Waals surface area (Å²) in [6.07, 6.45) is 7.15. The lowest BCUT2D eigenvalue weighted by Gasteiger charge is -2.35. The number of hydrazone groups is 1. The molecular formula is C11H12FN3. The fourth-order valence-corrected chi connectivity index (χ4v) is 2.19. The molecule has 2 aliphatic rings. The zero-order valence-corrected chi connectivity index (χ0v) is 8.36. The van der Waals surface area contributed by atoms with E-state index in [9.17, 15) is 4.39 Å². The summed E-state index contributed by atoms with van der Waals surface area (Å²) in [5.74, 6) is 0.0450. The predicted octanol–water partition coefficient (Wildman–Crippen LogP) is 2.20. The number of hydrogen-bond donors (Lipinski definition) is 0. The molecule has 1 aliphatic heterocycles. The smallest absolute Gasteiger partial charge is 0.185 e. The standard InChI is InChI=1S/C11H12FN3/c12-9-3-1-6-13-10(9)15-8-11(7-14-15)4-2-5-11/h1,3,6-7H,2,4-5,8H2. The fourth-order valence-electron chi connectivity index (χ4n) is 2.19. The molecule has 2 heterocycles. The summed E-state index contributed by atoms with van der Waals surface area (Å²) in [6.45, 7) is 0.779. The first kappa shape index (κ1) is 8.83. The number of hydrogen-bond acceptors (Lipinski definition) is 3. The average Bonchev–Trinajstić information content (AvgIpc) is 2.63. The number of nitrogens with zero attached hydrogens (tertiary/aromatic N) is 3. The minimum atomic E-state index is -0.300. The quantitative estimate of drug-likeness (QED) is 0.703. The van der Waals surface area contributed by atoms with Gasteiger partial charge >= 0.3 is 0 Å². The molecule has 0 amide bonds. The van der Waals surface area contributed by atoms with E-state index in [1.807, 2.05) is 6.21 Å². The van der Waals surface area contributed by atoms with Gasteiger partial charge < -0.3 is 0 Å². The number of rotatable bonds is 1. The monoisotopic (exact) mass is 205 g/mol. The number of halogens is 1. The molecule has 0 radical (unpaired) electrons. The molecule has 15 heavy (non-hydrogen) atoms. The Balaban J connectivity index is 1.86. The minimum absolute atomic E-state index is 0.212. The summed E-state index contributed by atoms with van der Waals surface area (Å²) < 4.78 is 13.4. The van der Waals surface area contributed by atoms with E-state index >= 15 is 0 Å². The van der Waals surface area contributed by atoms with Crippen LogP contribution in [0.1, 0.15) is 19.3 Å². The van der Waals surface area contributed by atoms with Gasteiger partial charge in [-0.15, -0.1) is 0 Å². The Kier molecular flexibility index (Phi) is 1.78. The highest BCUT2D eigenvalue weighted by Gasteiger charge is 2.41. The third-order valence-electron chi connectivity index (χ3n) is 3.27. The Hall–Kier alpha value is -1.45. The number of anilines is 1. The van der Waals surface area contributed by atoms with Crippen LogP contribution in [0.2, 0.25) is 0 Å². The third-order valence-corrected chi connectivity index (χ3v) is 3.27. The van der Waals surface area contributed by atoms with Crippen molar-refractivity contribution in [3.63, 3.8) is 0 Å². The molecule has 0 saturated heterocycles. The van der Waals surface area contributed by atoms with Gasteiger partial charge in [-0.3, -0.25) is 0 Å². The van der Waals surface area contributed by atoms with Gasteiger partial charge in [0.25, 0.3) is 0 Å². The van der Waals surface area contributed by atoms with E-state index in [2.05, 4.69) is 10.1 Å². The lowest BCUT2D eigenvalue weighted by Crippen LogP contribution is -2.36. The van der Waals surface area contributed by atoms with E-state index in [1.165, 1.54) is 25.3 Å². The van der Waals surface area contributed by atoms with Gasteiger partial charge in [0, 0.05) is 17.8 Å². The van der Waals surface area contributed by atoms with E-state index in [0.29, 0.717) is 5.82 Å². The zero-order valence-electron chi connectivity index (χ0n) is 8.36. The van der Waals surface area contributed by atoms with Crippen LogP contribution in [0.25, 0.3) is 0 Å². The van der Waals surface area contributed by atoms with Crippen LogP contribution in [0.4, 0.5) is 10.2 Å². The van der Waals surface area contributed by atoms with Crippen LogP contribution in [0.3, 0.4) is 0 Å². The first-order chi connectivity index (χ1) is 7.29. The minimum Gasteiger partial charge on any atom is -0.245 e. The largest absolute Gasteiger partial charge is 0.245 e. The van der Waals surface area contributed by atoms with E-state index in [0.717, 1.165) is 6.54 Å². The molecule has 4 heteroatoms. The molecule has 0 N–H and O–H groups in total. The van der Waals surface area contributed by atoms with Crippen molar-refractivity contribution in [3.8, 4) is 0 Å². The highest BCUT2D eigenvalue weighted by molar-refractivity contribution is 5.73. The SMILES string of the molecule is Fc1cccnc1N1CC2(C=N1)CCC2. The van der Waals surface area contributed by atoms with Crippen LogP contribution in [0.5, 0.6) is 0 Å². The van der Waals surface area contributed by atoms with E-state index < -0.39 is 0 Å². The summed E-state index contributed by atoms with van der Waals surface area (Å²) in [5, 5.41) is 5.92. The maximum Gasteiger partial charge on any atom is 0.185 e. The normalized spacial score (nSPS) is 22.1. The lowest BCUT2D eigenvalue weighted by atomic mass is 9.70. The fraction of sp³-hybridized carbons (Fsp3) is 0.455. The average molecular weight is 205 g/mol. The highest BCUT2D eigenvalue weighted by atomic mass is 19.1. The van der Waals surface area contributed by atoms with Gasteiger partial charge in [-0.05, 0) is 25.0 Å². The Morgan fingerprint density at radius 2 is 2.27 bits per heavy atom. The topological polar surface area (TPSA) is 28.5 Å². The van der Waals surface area contributed by atoms with Crippen LogP contribution in [0.15, 0.2) is 23.4 Å². The second kappa shape index (κ2) is 3.02. The van der Waals surface area contributed by atoms with E-state index in [-0.39, 0.29) is 11.2 Å². The van der Waals surface area contributed by atoms with Gasteiger partial charge in [-0.2, -0.15) is 5.10 Å². The Morgan fingerprint density at radius 1 is 1.40 bits per heavy atom. The summed E-state index contributed by atoms with van der Waals surface area (Å²) in [6, 6.07) is 3.02. The van der Waals surface area contributed by atoms with E-state index in [1.54, 1.807) is 17.3 Å². The molecule has 0 unspecified atom stereocenters. The maximum atomic E-state index is 13.4. The number of pyridine rings is 1. The Labute approximate surface area is 87.6 Å². The Morgan fingerprint density at radius 3 is 2.87 bits per heavy atom. The van der Waals surface area contributed by atoms with Crippen molar-refractivity contribution in [2.24, 2.45) is 10.5 Å². The van der Waals surface area contributed by atoms with Crippen molar-refractivity contribution in [1.82, 2.24) is 4.98 Å². The summed E-state index contributed by atoms with van der Waals surface area (Å²) in [5.41, 5.74) is 0.212. The molecule has 1 aromatic heterocycles. The van der Waals surface area contributed by atoms with Crippen LogP contribution in [-0.2, 0) is 0 Å². The molecule has 0 aromatic carbocycles. The van der Waals surface area contributed by atoms with Crippen LogP contribution >= 0.6 is 0 Å². The van der Waals surface area contributed by atoms with Gasteiger partial charge in [0.15, 0.2) is 11.6 Å². The first-order valence-electron chi connectivity index (χ1n) is 5.22. The van der Waals surface area contributed by atoms with Gasteiger partial charge in [0.05, 0.1) is 6.54 Å². The third kappa shape index (κ3) is 1.32. The second-order valence-corrected chi connectivity index (χ2v) is 4.33. The summed E-state index contributed by atoms with van der Waals surface area (Å²) in [7, 11) is 0. The summed E-state index contributed by atoms with van der Waals surface area (Å²) in [4.78, 5) is 4.02. The van der Waals surface area contributed by atoms with Crippen molar-refractivity contribution in [1.29, 1.82) is 0 Å². The Bertz CT molecular complexity index is 412. The molecule has 1 fully saturated rings. The lowest BCUT2D eigenvalue weighted by molar-refractivity contribution is 0.258. The molecule has 0 atom stereocenters. The summed E-state index contributed by atoms with van der Waals surface area (Å²) >= 11 is 0. The van der Waals surface area contributed by atoms with Gasteiger partial charge in [0.1, 0.15) is 0 Å². The molecule has 1 spiro atoms. The predicted molar refractivity (Wildman–Crippen MR) is 56.3 cm³/mol. The number of aromatic nitrogens is 1. The van der Waals surface area contributed by atoms with Crippen molar-refractivity contribution in [3.05, 3.63) is 24.1 Å². The molecule has 0 bridgehead atoms. The molecule has 1 saturated carbocycles. The highest BCUT2D eigenvalue weighted by Crippen LogP contribution is 2.43. The van der Waals surface area contributed by atoms with Crippen molar-refractivity contribution in [2.45, 2.75) is 19.3 Å². The van der Waals surface area contributed by atoms with Crippen molar-refractivity contribution in [2.75, 3.05) is 11.6 Å². The van der Waals surface area contributed by atoms with Gasteiger partial charge in [0.2, 0.25) is 0 Å². The van der Waals surface area contributed by atoms with Crippen LogP contribution in [-0.4, -0.2) is 17.7 Å². The molecule has 3 nitrogen and oxygen atoms in total. The van der Waals surface area contributed by atoms with Crippen molar-refractivity contribution >= 4 is 12.0 Å². The second-order valence-electron chi connectivity index (χ2n) is 4.33. The first-order valence-corrected chi connectivity index (χ1v) is 5.22. The van der Waals surface area contributed by atoms with Gasteiger partial charge in [-0.25, -0.2) is 14.4 Å². The molecule has 78 valence electrons. The molecule has 1 aromatic rings. The van der Waals surface area contributed by atoms with Gasteiger partial charge in [-0.1, -0.05) is 6.42 Å². The maximum absolute atomic E-state index is 13.4. The molecule has 3 rings (SSSR count). The molecule has 1 aliphatic carbocycles. The van der Waals surface area contributed by atoms with E-state index in [4.69, 9.17) is 0 Å². The van der Waals surface area contributed by atoms with Crippen LogP contribution < -0.4 is 5.01 Å². The van der Waals surface area contributed by atoms with Crippen LogP contribution in [0, 0.1) is 11.2 Å².